The predicted molar refractivity (Wildman–Crippen MR) is 149 cm³/mol. The molecule has 0 spiro atoms. The fourth-order valence-electron chi connectivity index (χ4n) is 4.98. The summed E-state index contributed by atoms with van der Waals surface area (Å²) in [5.74, 6) is 2.46. The van der Waals surface area contributed by atoms with E-state index in [4.69, 9.17) is 23.7 Å². The molecule has 202 valence electrons. The minimum atomic E-state index is -0.0834. The van der Waals surface area contributed by atoms with Crippen molar-refractivity contribution in [2.75, 3.05) is 68.9 Å². The number of fused-ring (bicyclic) bond motifs is 6. The summed E-state index contributed by atoms with van der Waals surface area (Å²) in [6, 6.07) is 9.78. The zero-order chi connectivity index (χ0) is 27.0. The van der Waals surface area contributed by atoms with E-state index < -0.39 is 0 Å². The molecule has 1 aliphatic heterocycles. The fraction of sp³-hybridized carbons (Fsp3) is 0.414. The van der Waals surface area contributed by atoms with Gasteiger partial charge in [-0.3, -0.25) is 4.79 Å². The first-order valence-corrected chi connectivity index (χ1v) is 12.7. The summed E-state index contributed by atoms with van der Waals surface area (Å²) in [6.07, 6.45) is 0. The molecule has 0 saturated carbocycles. The molecule has 5 rings (SSSR count). The van der Waals surface area contributed by atoms with E-state index in [0.29, 0.717) is 54.7 Å². The van der Waals surface area contributed by atoms with Gasteiger partial charge in [-0.2, -0.15) is 0 Å². The summed E-state index contributed by atoms with van der Waals surface area (Å²) in [7, 11) is 11.2. The molecule has 0 bridgehead atoms. The fourth-order valence-corrected chi connectivity index (χ4v) is 4.98. The molecule has 3 aromatic carbocycles. The summed E-state index contributed by atoms with van der Waals surface area (Å²) in [4.78, 5) is 18.3. The first-order chi connectivity index (χ1) is 18.3. The third-order valence-electron chi connectivity index (χ3n) is 6.94. The quantitative estimate of drug-likeness (QED) is 0.231. The highest BCUT2D eigenvalue weighted by molar-refractivity contribution is 6.18. The number of ether oxygens (including phenoxy) is 5. The molecule has 0 saturated heterocycles. The normalized spacial score (nSPS) is 12.9. The molecule has 2 heterocycles. The highest BCUT2D eigenvalue weighted by Crippen LogP contribution is 2.42. The lowest BCUT2D eigenvalue weighted by atomic mass is 9.95. The van der Waals surface area contributed by atoms with E-state index in [-0.39, 0.29) is 12.4 Å². The molecule has 0 amide bonds. The molecule has 0 fully saturated rings. The number of aromatic nitrogens is 1. The lowest BCUT2D eigenvalue weighted by Crippen LogP contribution is -2.27. The van der Waals surface area contributed by atoms with Crippen LogP contribution in [0.15, 0.2) is 35.1 Å². The molecule has 9 nitrogen and oxygen atoms in total. The summed E-state index contributed by atoms with van der Waals surface area (Å²) in [5, 5.41) is 4.22. The van der Waals surface area contributed by atoms with Crippen molar-refractivity contribution in [1.82, 2.24) is 14.4 Å². The van der Waals surface area contributed by atoms with Gasteiger partial charge in [0.25, 0.3) is 5.56 Å². The smallest absolute Gasteiger partial charge is 0.259 e. The number of hydrogen-bond donors (Lipinski definition) is 0. The molecular weight excluding hydrogens is 486 g/mol. The van der Waals surface area contributed by atoms with Crippen molar-refractivity contribution in [2.24, 2.45) is 0 Å². The molecule has 1 aromatic heterocycles. The van der Waals surface area contributed by atoms with Crippen molar-refractivity contribution in [2.45, 2.75) is 13.2 Å². The second kappa shape index (κ2) is 10.7. The number of benzene rings is 3. The van der Waals surface area contributed by atoms with Crippen LogP contribution < -0.4 is 24.5 Å². The highest BCUT2D eigenvalue weighted by Gasteiger charge is 2.22. The largest absolute Gasteiger partial charge is 0.493 e. The molecule has 0 aliphatic carbocycles. The van der Waals surface area contributed by atoms with Crippen LogP contribution in [0.2, 0.25) is 0 Å². The van der Waals surface area contributed by atoms with Gasteiger partial charge in [0.2, 0.25) is 6.79 Å². The van der Waals surface area contributed by atoms with E-state index in [1.807, 2.05) is 51.0 Å². The van der Waals surface area contributed by atoms with Gasteiger partial charge >= 0.3 is 0 Å². The van der Waals surface area contributed by atoms with Crippen LogP contribution in [0.1, 0.15) is 5.56 Å². The molecule has 38 heavy (non-hydrogen) atoms. The van der Waals surface area contributed by atoms with E-state index >= 15 is 0 Å². The van der Waals surface area contributed by atoms with Crippen molar-refractivity contribution >= 4 is 32.4 Å². The first kappa shape index (κ1) is 26.1. The first-order valence-electron chi connectivity index (χ1n) is 12.7. The van der Waals surface area contributed by atoms with Gasteiger partial charge < -0.3 is 38.1 Å². The SMILES string of the molecule is COc1cc2c(=O)n(CCN(C)C)c3c4cc5c(cc4cc(COCCN(C)C)c3c2cc1OC)OCO5. The number of hydrogen-bond acceptors (Lipinski definition) is 8. The maximum atomic E-state index is 14.1. The van der Waals surface area contributed by atoms with Gasteiger partial charge in [-0.15, -0.1) is 0 Å². The van der Waals surface area contributed by atoms with E-state index in [0.717, 1.165) is 39.2 Å². The van der Waals surface area contributed by atoms with Gasteiger partial charge in [-0.05, 0) is 69.5 Å². The molecular formula is C29H35N3O6. The Labute approximate surface area is 222 Å². The Morgan fingerprint density at radius 1 is 0.842 bits per heavy atom. The molecule has 1 aliphatic rings. The Morgan fingerprint density at radius 3 is 2.16 bits per heavy atom. The average molecular weight is 522 g/mol. The second-order valence-corrected chi connectivity index (χ2v) is 10.1. The van der Waals surface area contributed by atoms with Gasteiger partial charge in [-0.1, -0.05) is 0 Å². The van der Waals surface area contributed by atoms with Crippen LogP contribution >= 0.6 is 0 Å². The van der Waals surface area contributed by atoms with Crippen molar-refractivity contribution in [3.63, 3.8) is 0 Å². The maximum absolute atomic E-state index is 14.1. The van der Waals surface area contributed by atoms with Crippen LogP contribution in [0.5, 0.6) is 23.0 Å². The van der Waals surface area contributed by atoms with Crippen LogP contribution in [-0.4, -0.2) is 83.3 Å². The van der Waals surface area contributed by atoms with Gasteiger partial charge in [0.05, 0.1) is 38.3 Å². The third-order valence-corrected chi connectivity index (χ3v) is 6.94. The van der Waals surface area contributed by atoms with E-state index in [1.54, 1.807) is 20.3 Å². The molecule has 0 atom stereocenters. The van der Waals surface area contributed by atoms with E-state index in [9.17, 15) is 4.79 Å². The molecule has 0 unspecified atom stereocenters. The highest BCUT2D eigenvalue weighted by atomic mass is 16.7. The van der Waals surface area contributed by atoms with Crippen molar-refractivity contribution < 1.29 is 23.7 Å². The van der Waals surface area contributed by atoms with Crippen LogP contribution in [0.4, 0.5) is 0 Å². The zero-order valence-corrected chi connectivity index (χ0v) is 22.9. The predicted octanol–water partition coefficient (Wildman–Crippen LogP) is 3.69. The number of likely N-dealkylation sites (N-methyl/N-ethyl adjacent to an activating group) is 2. The molecule has 4 aromatic rings. The monoisotopic (exact) mass is 521 g/mol. The zero-order valence-electron chi connectivity index (χ0n) is 22.9. The standard InChI is InChI=1S/C29H35N3O6/c1-30(2)7-8-32-28-20-13-26-25(37-17-38-26)12-18(20)11-19(16-36-10-9-31(3)4)27(28)21-14-23(34-5)24(35-6)15-22(21)29(32)33/h11-15H,7-10,16-17H2,1-6H3. The van der Waals surface area contributed by atoms with Crippen molar-refractivity contribution in [1.29, 1.82) is 0 Å². The van der Waals surface area contributed by atoms with E-state index in [1.165, 1.54) is 0 Å². The Kier molecular flexibility index (Phi) is 7.34. The number of nitrogens with zero attached hydrogens (tertiary/aromatic N) is 3. The Morgan fingerprint density at radius 2 is 1.50 bits per heavy atom. The molecule has 9 heteroatoms. The van der Waals surface area contributed by atoms with Crippen molar-refractivity contribution in [3.05, 3.63) is 46.2 Å². The minimum Gasteiger partial charge on any atom is -0.493 e. The lowest BCUT2D eigenvalue weighted by molar-refractivity contribution is 0.106. The lowest BCUT2D eigenvalue weighted by Gasteiger charge is -2.21. The topological polar surface area (TPSA) is 74.6 Å². The Hall–Kier alpha value is -3.53. The van der Waals surface area contributed by atoms with Gasteiger partial charge in [-0.25, -0.2) is 0 Å². The number of rotatable bonds is 10. The minimum absolute atomic E-state index is 0.0834. The van der Waals surface area contributed by atoms with Gasteiger partial charge in [0.1, 0.15) is 0 Å². The maximum Gasteiger partial charge on any atom is 0.259 e. The summed E-state index contributed by atoms with van der Waals surface area (Å²) in [5.41, 5.74) is 1.75. The summed E-state index contributed by atoms with van der Waals surface area (Å²) >= 11 is 0. The van der Waals surface area contributed by atoms with Gasteiger partial charge in [0, 0.05) is 35.8 Å². The Balaban J connectivity index is 1.88. The number of pyridine rings is 1. The Bertz CT molecular complexity index is 1560. The average Bonchev–Trinajstić information content (AvgIpc) is 3.35. The van der Waals surface area contributed by atoms with Crippen LogP contribution in [0.25, 0.3) is 32.4 Å². The number of methoxy groups -OCH3 is 2. The van der Waals surface area contributed by atoms with Crippen LogP contribution in [-0.2, 0) is 17.9 Å². The molecule has 0 N–H and O–H groups in total. The van der Waals surface area contributed by atoms with E-state index in [2.05, 4.69) is 15.9 Å². The summed E-state index contributed by atoms with van der Waals surface area (Å²) in [6.45, 7) is 3.18. The third kappa shape index (κ3) is 4.73. The van der Waals surface area contributed by atoms with Crippen LogP contribution in [0.3, 0.4) is 0 Å². The summed E-state index contributed by atoms with van der Waals surface area (Å²) < 4.78 is 30.6. The second-order valence-electron chi connectivity index (χ2n) is 10.1. The van der Waals surface area contributed by atoms with Gasteiger partial charge in [0.15, 0.2) is 23.0 Å². The van der Waals surface area contributed by atoms with Crippen molar-refractivity contribution in [3.8, 4) is 23.0 Å². The van der Waals surface area contributed by atoms with Crippen LogP contribution in [0, 0.1) is 0 Å². The molecule has 0 radical (unpaired) electrons.